The Morgan fingerprint density at radius 1 is 1.31 bits per heavy atom. The van der Waals surface area contributed by atoms with Crippen molar-refractivity contribution in [3.63, 3.8) is 0 Å². The molecule has 0 spiro atoms. The molecule has 1 heterocycles. The second-order valence-corrected chi connectivity index (χ2v) is 7.98. The zero-order chi connectivity index (χ0) is 11.8. The standard InChI is InChI=1S/C11H13O3PSe/c1-11(2)10(8-15(12,13)14-11)16-9-6-4-3-5-7-9/h3-8H,1-2H3,(H,12,13). The molecule has 0 radical (unpaired) electrons. The molecule has 1 aliphatic heterocycles. The van der Waals surface area contributed by atoms with Crippen LogP contribution < -0.4 is 4.46 Å². The molecule has 0 saturated heterocycles. The average molecular weight is 303 g/mol. The van der Waals surface area contributed by atoms with Gasteiger partial charge in [0.15, 0.2) is 0 Å². The van der Waals surface area contributed by atoms with E-state index in [2.05, 4.69) is 0 Å². The van der Waals surface area contributed by atoms with E-state index in [0.29, 0.717) is 0 Å². The van der Waals surface area contributed by atoms with Crippen LogP contribution in [0.4, 0.5) is 0 Å². The van der Waals surface area contributed by atoms with Crippen molar-refractivity contribution in [1.29, 1.82) is 0 Å². The molecular weight excluding hydrogens is 290 g/mol. The fraction of sp³-hybridized carbons (Fsp3) is 0.273. The second kappa shape index (κ2) is 4.14. The van der Waals surface area contributed by atoms with Gasteiger partial charge in [-0.05, 0) is 0 Å². The van der Waals surface area contributed by atoms with Crippen LogP contribution in [0.5, 0.6) is 0 Å². The molecule has 1 aliphatic rings. The summed E-state index contributed by atoms with van der Waals surface area (Å²) in [5.41, 5.74) is -0.625. The summed E-state index contributed by atoms with van der Waals surface area (Å²) in [6.07, 6.45) is 0. The van der Waals surface area contributed by atoms with Crippen LogP contribution in [0.3, 0.4) is 0 Å². The van der Waals surface area contributed by atoms with E-state index in [0.717, 1.165) is 4.47 Å². The molecule has 0 bridgehead atoms. The molecule has 0 aromatic heterocycles. The van der Waals surface area contributed by atoms with E-state index in [1.165, 1.54) is 10.3 Å². The van der Waals surface area contributed by atoms with E-state index in [4.69, 9.17) is 4.52 Å². The van der Waals surface area contributed by atoms with Crippen molar-refractivity contribution < 1.29 is 14.0 Å². The van der Waals surface area contributed by atoms with Gasteiger partial charge in [0, 0.05) is 0 Å². The maximum atomic E-state index is 11.5. The fourth-order valence-corrected chi connectivity index (χ4v) is 5.99. The van der Waals surface area contributed by atoms with Gasteiger partial charge in [0.25, 0.3) is 0 Å². The van der Waals surface area contributed by atoms with Crippen molar-refractivity contribution in [1.82, 2.24) is 0 Å². The maximum absolute atomic E-state index is 11.5. The number of benzene rings is 1. The molecule has 1 aromatic carbocycles. The van der Waals surface area contributed by atoms with Crippen LogP contribution in [0.2, 0.25) is 0 Å². The van der Waals surface area contributed by atoms with Gasteiger partial charge >= 0.3 is 101 Å². The topological polar surface area (TPSA) is 46.5 Å². The van der Waals surface area contributed by atoms with E-state index in [1.807, 2.05) is 44.2 Å². The Bertz CT molecular complexity index is 467. The molecule has 2 rings (SSSR count). The van der Waals surface area contributed by atoms with Gasteiger partial charge < -0.3 is 0 Å². The quantitative estimate of drug-likeness (QED) is 0.670. The van der Waals surface area contributed by atoms with Crippen molar-refractivity contribution in [2.45, 2.75) is 19.4 Å². The zero-order valence-corrected chi connectivity index (χ0v) is 11.7. The van der Waals surface area contributed by atoms with Crippen LogP contribution in [0, 0.1) is 0 Å². The Kier molecular flexibility index (Phi) is 3.13. The fourth-order valence-electron chi connectivity index (χ4n) is 1.47. The third kappa shape index (κ3) is 2.65. The van der Waals surface area contributed by atoms with E-state index in [-0.39, 0.29) is 15.0 Å². The van der Waals surface area contributed by atoms with Crippen LogP contribution in [0.1, 0.15) is 13.8 Å². The first-order chi connectivity index (χ1) is 7.39. The Morgan fingerprint density at radius 2 is 1.94 bits per heavy atom. The number of hydrogen-bond donors (Lipinski definition) is 1. The predicted octanol–water partition coefficient (Wildman–Crippen LogP) is 1.85. The molecule has 3 nitrogen and oxygen atoms in total. The van der Waals surface area contributed by atoms with Crippen molar-refractivity contribution >= 4 is 27.0 Å². The summed E-state index contributed by atoms with van der Waals surface area (Å²) in [5.74, 6) is 1.40. The van der Waals surface area contributed by atoms with Gasteiger partial charge in [-0.15, -0.1) is 0 Å². The molecule has 1 N–H and O–H groups in total. The molecule has 16 heavy (non-hydrogen) atoms. The summed E-state index contributed by atoms with van der Waals surface area (Å²) in [4.78, 5) is 9.45. The van der Waals surface area contributed by atoms with Crippen LogP contribution in [-0.2, 0) is 9.09 Å². The van der Waals surface area contributed by atoms with Gasteiger partial charge in [-0.2, -0.15) is 0 Å². The molecule has 86 valence electrons. The van der Waals surface area contributed by atoms with Gasteiger partial charge in [-0.25, -0.2) is 0 Å². The van der Waals surface area contributed by atoms with Crippen molar-refractivity contribution in [3.8, 4) is 0 Å². The molecule has 0 saturated carbocycles. The summed E-state index contributed by atoms with van der Waals surface area (Å²) >= 11 is 0.0413. The van der Waals surface area contributed by atoms with Gasteiger partial charge in [0.05, 0.1) is 0 Å². The summed E-state index contributed by atoms with van der Waals surface area (Å²) < 4.78 is 18.8. The summed E-state index contributed by atoms with van der Waals surface area (Å²) in [5, 5.41) is 0. The Morgan fingerprint density at radius 3 is 2.44 bits per heavy atom. The van der Waals surface area contributed by atoms with Gasteiger partial charge in [-0.1, -0.05) is 0 Å². The van der Waals surface area contributed by atoms with Crippen LogP contribution in [-0.4, -0.2) is 25.5 Å². The normalized spacial score (nSPS) is 27.8. The van der Waals surface area contributed by atoms with Gasteiger partial charge in [0.2, 0.25) is 0 Å². The summed E-state index contributed by atoms with van der Waals surface area (Å²) in [7, 11) is -3.50. The average Bonchev–Trinajstić information content (AvgIpc) is 2.36. The van der Waals surface area contributed by atoms with E-state index < -0.39 is 13.2 Å². The molecular formula is C11H13O3PSe. The SMILES string of the molecule is CC1(C)OP(=O)(O)C=C1[Se]c1ccccc1. The monoisotopic (exact) mass is 304 g/mol. The minimum atomic E-state index is -3.50. The molecule has 1 atom stereocenters. The molecule has 0 amide bonds. The number of hydrogen-bond acceptors (Lipinski definition) is 2. The van der Waals surface area contributed by atoms with Gasteiger partial charge in [0.1, 0.15) is 0 Å². The first kappa shape index (κ1) is 12.1. The minimum absolute atomic E-state index is 0.0413. The van der Waals surface area contributed by atoms with Crippen molar-refractivity contribution in [2.24, 2.45) is 0 Å². The van der Waals surface area contributed by atoms with Crippen molar-refractivity contribution in [2.75, 3.05) is 0 Å². The molecule has 0 aliphatic carbocycles. The first-order valence-electron chi connectivity index (χ1n) is 4.89. The van der Waals surface area contributed by atoms with E-state index >= 15 is 0 Å². The molecule has 5 heteroatoms. The third-order valence-corrected chi connectivity index (χ3v) is 6.70. The summed E-state index contributed by atoms with van der Waals surface area (Å²) in [6, 6.07) is 9.95. The zero-order valence-electron chi connectivity index (χ0n) is 9.08. The molecule has 1 unspecified atom stereocenters. The molecule has 1 aromatic rings. The predicted molar refractivity (Wildman–Crippen MR) is 64.9 cm³/mol. The van der Waals surface area contributed by atoms with Crippen LogP contribution in [0.15, 0.2) is 40.6 Å². The Balaban J connectivity index is 2.26. The van der Waals surface area contributed by atoms with Crippen molar-refractivity contribution in [3.05, 3.63) is 40.6 Å². The van der Waals surface area contributed by atoms with Crippen LogP contribution >= 0.6 is 7.60 Å². The van der Waals surface area contributed by atoms with Crippen LogP contribution in [0.25, 0.3) is 0 Å². The third-order valence-electron chi connectivity index (χ3n) is 2.20. The van der Waals surface area contributed by atoms with E-state index in [9.17, 15) is 9.46 Å². The Labute approximate surface area is 101 Å². The Hall–Kier alpha value is -0.371. The second-order valence-electron chi connectivity index (χ2n) is 4.07. The molecule has 0 fully saturated rings. The number of rotatable bonds is 2. The van der Waals surface area contributed by atoms with Gasteiger partial charge in [-0.3, -0.25) is 0 Å². The summed E-state index contributed by atoms with van der Waals surface area (Å²) in [6.45, 7) is 3.67. The first-order valence-corrected chi connectivity index (χ1v) is 8.24. The van der Waals surface area contributed by atoms with E-state index in [1.54, 1.807) is 0 Å².